The molecule has 0 amide bonds. The summed E-state index contributed by atoms with van der Waals surface area (Å²) in [5.74, 6) is -1.73. The SMILES string of the molecule is [2H]C([2H])([2H])c1cc(-c2cc(C([2H])(C)C)cc(C([2H])(C)C)c2)ccc1-n1c(-c2cc(C)cc(C)c2O)nc2c(-c3cc(-c4ccccc4)cc(-c4cc(-c5ccc(C(C([2H])([2H])[2H])(C([2H])([2H])[2H])C([2H])([2H])[2H])cc5)ccn4)c3)cccc21. The van der Waals surface area contributed by atoms with Gasteiger partial charge in [-0.15, -0.1) is 0 Å². The number of para-hydroxylation sites is 1. The van der Waals surface area contributed by atoms with Crippen LogP contribution in [0.15, 0.2) is 158 Å². The van der Waals surface area contributed by atoms with Gasteiger partial charge in [0.1, 0.15) is 11.6 Å². The van der Waals surface area contributed by atoms with E-state index < -0.39 is 44.6 Å². The highest BCUT2D eigenvalue weighted by Gasteiger charge is 2.23. The molecule has 324 valence electrons. The van der Waals surface area contributed by atoms with Crippen molar-refractivity contribution in [1.29, 1.82) is 0 Å². The highest BCUT2D eigenvalue weighted by Crippen LogP contribution is 2.42. The minimum Gasteiger partial charge on any atom is -0.507 e. The summed E-state index contributed by atoms with van der Waals surface area (Å²) in [5, 5.41) is 11.9. The number of nitrogens with zero attached hydrogens (tertiary/aromatic N) is 3. The number of hydrogen-bond donors (Lipinski definition) is 1. The summed E-state index contributed by atoms with van der Waals surface area (Å²) >= 11 is 0. The van der Waals surface area contributed by atoms with Crippen LogP contribution in [-0.4, -0.2) is 19.6 Å². The maximum absolute atomic E-state index is 11.9. The smallest absolute Gasteiger partial charge is 0.149 e. The molecule has 0 aliphatic heterocycles. The van der Waals surface area contributed by atoms with E-state index in [1.54, 1.807) is 63.6 Å². The van der Waals surface area contributed by atoms with Gasteiger partial charge in [-0.3, -0.25) is 9.55 Å². The van der Waals surface area contributed by atoms with Crippen molar-refractivity contribution in [2.45, 2.75) is 86.2 Å². The molecule has 0 spiro atoms. The molecule has 1 N–H and O–H groups in total. The van der Waals surface area contributed by atoms with Crippen LogP contribution in [0.25, 0.3) is 83.9 Å². The Labute approximate surface area is 405 Å². The molecule has 65 heavy (non-hydrogen) atoms. The first kappa shape index (κ1) is 29.4. The molecule has 2 heterocycles. The fraction of sp³-hybridized carbons (Fsp3) is 0.213. The summed E-state index contributed by atoms with van der Waals surface area (Å²) in [5.41, 5.74) is 7.90. The van der Waals surface area contributed by atoms with Gasteiger partial charge in [-0.25, -0.2) is 4.98 Å². The van der Waals surface area contributed by atoms with Crippen LogP contribution in [0, 0.1) is 20.7 Å². The van der Waals surface area contributed by atoms with Gasteiger partial charge in [-0.1, -0.05) is 145 Å². The van der Waals surface area contributed by atoms with E-state index in [1.165, 1.54) is 24.3 Å². The van der Waals surface area contributed by atoms with E-state index in [0.717, 1.165) is 22.3 Å². The zero-order chi connectivity index (χ0) is 57.6. The first-order valence-electron chi connectivity index (χ1n) is 28.6. The van der Waals surface area contributed by atoms with Crippen molar-refractivity contribution in [3.05, 3.63) is 191 Å². The highest BCUT2D eigenvalue weighted by molar-refractivity contribution is 5.98. The number of aryl methyl sites for hydroxylation is 3. The molecule has 0 aliphatic carbocycles. The molecule has 0 saturated heterocycles. The van der Waals surface area contributed by atoms with Crippen LogP contribution in [-0.2, 0) is 5.41 Å². The molecule has 0 radical (unpaired) electrons. The number of hydrogen-bond acceptors (Lipinski definition) is 3. The van der Waals surface area contributed by atoms with Crippen LogP contribution in [0.5, 0.6) is 5.75 Å². The van der Waals surface area contributed by atoms with Gasteiger partial charge in [-0.2, -0.15) is 0 Å². The Morgan fingerprint density at radius 3 is 1.94 bits per heavy atom. The summed E-state index contributed by atoms with van der Waals surface area (Å²) in [6.07, 6.45) is 1.62. The van der Waals surface area contributed by atoms with Crippen LogP contribution in [0.1, 0.15) is 113 Å². The van der Waals surface area contributed by atoms with E-state index >= 15 is 0 Å². The van der Waals surface area contributed by atoms with Crippen molar-refractivity contribution >= 4 is 11.0 Å². The van der Waals surface area contributed by atoms with Gasteiger partial charge in [0.2, 0.25) is 0 Å². The third-order valence-electron chi connectivity index (χ3n) is 12.1. The monoisotopic (exact) mass is 864 g/mol. The van der Waals surface area contributed by atoms with E-state index in [1.807, 2.05) is 116 Å². The Balaban J connectivity index is 1.25. The van der Waals surface area contributed by atoms with Gasteiger partial charge >= 0.3 is 0 Å². The molecule has 0 fully saturated rings. The zero-order valence-corrected chi connectivity index (χ0v) is 37.3. The van der Waals surface area contributed by atoms with Crippen molar-refractivity contribution < 1.29 is 24.3 Å². The van der Waals surface area contributed by atoms with E-state index in [-0.39, 0.29) is 16.9 Å². The largest absolute Gasteiger partial charge is 0.507 e. The van der Waals surface area contributed by atoms with Crippen LogP contribution in [0.2, 0.25) is 0 Å². The maximum Gasteiger partial charge on any atom is 0.149 e. The first-order chi connectivity index (χ1) is 36.7. The number of rotatable bonds is 9. The number of benzene rings is 7. The molecule has 9 aromatic rings. The van der Waals surface area contributed by atoms with Crippen molar-refractivity contribution in [2.24, 2.45) is 0 Å². The Morgan fingerprint density at radius 2 is 1.23 bits per heavy atom. The molecule has 4 nitrogen and oxygen atoms in total. The molecule has 0 saturated carbocycles. The standard InChI is InChI=1S/C61H59N3O/c1-37(2)46-30-47(38(3)4)32-49(31-46)44-21-24-56(40(6)29-44)64-57-18-14-17-53(58(57)63-60(64)54-28-39(5)27-41(7)59(54)65)50-33-48(42-15-12-11-13-16-42)34-51(35-50)55-36-45(25-26-62-55)43-19-22-52(23-20-43)61(8,9)10/h11-38,65H,1-10H3/i6D3,8D3,9D3,10D3,37D,38D. The zero-order valence-electron chi connectivity index (χ0n) is 51.3. The van der Waals surface area contributed by atoms with Crippen LogP contribution in [0.4, 0.5) is 0 Å². The normalized spacial score (nSPS) is 16.2. The van der Waals surface area contributed by atoms with Crippen LogP contribution in [0.3, 0.4) is 0 Å². The second-order valence-electron chi connectivity index (χ2n) is 17.4. The summed E-state index contributed by atoms with van der Waals surface area (Å²) in [6.45, 7) is -2.07. The number of imidazole rings is 1. The van der Waals surface area contributed by atoms with Crippen molar-refractivity contribution in [3.8, 4) is 78.6 Å². The number of pyridine rings is 1. The Kier molecular flexibility index (Phi) is 7.76. The predicted molar refractivity (Wildman–Crippen MR) is 274 cm³/mol. The van der Waals surface area contributed by atoms with E-state index in [9.17, 15) is 5.11 Å². The van der Waals surface area contributed by atoms with Crippen molar-refractivity contribution in [3.63, 3.8) is 0 Å². The van der Waals surface area contributed by atoms with Crippen LogP contribution >= 0.6 is 0 Å². The average molecular weight is 864 g/mol. The number of aromatic nitrogens is 3. The lowest BCUT2D eigenvalue weighted by molar-refractivity contribution is 0.472. The van der Waals surface area contributed by atoms with Gasteiger partial charge < -0.3 is 5.11 Å². The van der Waals surface area contributed by atoms with Gasteiger partial charge in [0.15, 0.2) is 0 Å². The minimum atomic E-state index is -3.41. The molecule has 4 heteroatoms. The molecule has 0 unspecified atom stereocenters. The Bertz CT molecular complexity index is 3720. The molecule has 7 aromatic carbocycles. The lowest BCUT2D eigenvalue weighted by Gasteiger charge is -2.19. The molecule has 9 rings (SSSR count). The van der Waals surface area contributed by atoms with E-state index in [2.05, 4.69) is 0 Å². The fourth-order valence-electron chi connectivity index (χ4n) is 8.58. The summed E-state index contributed by atoms with van der Waals surface area (Å²) in [7, 11) is 0. The summed E-state index contributed by atoms with van der Waals surface area (Å²) in [4.78, 5) is 10.1. The van der Waals surface area contributed by atoms with Gasteiger partial charge in [0, 0.05) is 36.5 Å². The molecular formula is C61H59N3O. The lowest BCUT2D eigenvalue weighted by Crippen LogP contribution is -2.10. The number of aromatic hydroxyl groups is 1. The van der Waals surface area contributed by atoms with Crippen molar-refractivity contribution in [2.75, 3.05) is 0 Å². The van der Waals surface area contributed by atoms with Gasteiger partial charge in [0.25, 0.3) is 0 Å². The molecule has 2 aromatic heterocycles. The second-order valence-corrected chi connectivity index (χ2v) is 17.4. The molecule has 0 bridgehead atoms. The van der Waals surface area contributed by atoms with Gasteiger partial charge in [-0.05, 0) is 165 Å². The Morgan fingerprint density at radius 1 is 0.569 bits per heavy atom. The molecule has 0 atom stereocenters. The minimum absolute atomic E-state index is 0.0159. The topological polar surface area (TPSA) is 50.9 Å². The Hall–Kier alpha value is -7.04. The maximum atomic E-state index is 11.9. The van der Waals surface area contributed by atoms with Gasteiger partial charge in [0.05, 0.1) is 28.0 Å². The van der Waals surface area contributed by atoms with Crippen molar-refractivity contribution in [1.82, 2.24) is 14.5 Å². The number of phenols is 1. The number of fused-ring (bicyclic) bond motifs is 1. The molecule has 0 aliphatic rings. The first-order valence-corrected chi connectivity index (χ1v) is 21.6. The van der Waals surface area contributed by atoms with E-state index in [4.69, 9.17) is 29.2 Å². The molecular weight excluding hydrogens is 791 g/mol. The fourth-order valence-corrected chi connectivity index (χ4v) is 8.58. The summed E-state index contributed by atoms with van der Waals surface area (Å²) in [6, 6.07) is 45.1. The van der Waals surface area contributed by atoms with Crippen LogP contribution < -0.4 is 0 Å². The third-order valence-corrected chi connectivity index (χ3v) is 12.1. The number of phenolic OH excluding ortho intramolecular Hbond substituents is 1. The third kappa shape index (κ3) is 8.54. The quantitative estimate of drug-likeness (QED) is 0.157. The highest BCUT2D eigenvalue weighted by atomic mass is 16.3. The summed E-state index contributed by atoms with van der Waals surface area (Å²) < 4.78 is 121. The predicted octanol–water partition coefficient (Wildman–Crippen LogP) is 16.6. The second kappa shape index (κ2) is 17.2. The van der Waals surface area contributed by atoms with E-state index in [0.29, 0.717) is 83.9 Å². The lowest BCUT2D eigenvalue weighted by atomic mass is 9.86. The average Bonchev–Trinajstić information content (AvgIpc) is 4.00.